The van der Waals surface area contributed by atoms with Crippen molar-refractivity contribution in [3.63, 3.8) is 0 Å². The molecule has 0 bridgehead atoms. The van der Waals surface area contributed by atoms with Crippen LogP contribution in [-0.4, -0.2) is 23.1 Å². The summed E-state index contributed by atoms with van der Waals surface area (Å²) in [5.74, 6) is 0.841. The van der Waals surface area contributed by atoms with Gasteiger partial charge in [-0.1, -0.05) is 0 Å². The molecule has 1 unspecified atom stereocenters. The quantitative estimate of drug-likeness (QED) is 0.867. The summed E-state index contributed by atoms with van der Waals surface area (Å²) in [5.41, 5.74) is 3.10. The first-order valence-corrected chi connectivity index (χ1v) is 7.09. The van der Waals surface area contributed by atoms with Crippen LogP contribution in [0, 0.1) is 5.92 Å². The van der Waals surface area contributed by atoms with Crippen molar-refractivity contribution < 1.29 is 0 Å². The number of fused-ring (bicyclic) bond motifs is 1. The van der Waals surface area contributed by atoms with Gasteiger partial charge in [0, 0.05) is 30.0 Å². The SMILES string of the molecule is CC(C1CC1)N(C)c1ccnc2cc(Br)cnc12. The van der Waals surface area contributed by atoms with E-state index >= 15 is 0 Å². The van der Waals surface area contributed by atoms with Gasteiger partial charge in [0.2, 0.25) is 0 Å². The highest BCUT2D eigenvalue weighted by Gasteiger charge is 2.31. The molecule has 2 aromatic heterocycles. The van der Waals surface area contributed by atoms with Crippen molar-refractivity contribution in [3.8, 4) is 0 Å². The van der Waals surface area contributed by atoms with E-state index in [2.05, 4.69) is 50.8 Å². The molecule has 3 rings (SSSR count). The largest absolute Gasteiger partial charge is 0.370 e. The van der Waals surface area contributed by atoms with Crippen molar-refractivity contribution in [1.82, 2.24) is 9.97 Å². The Balaban J connectivity index is 2.05. The molecule has 0 aromatic carbocycles. The number of pyridine rings is 2. The van der Waals surface area contributed by atoms with E-state index < -0.39 is 0 Å². The molecule has 2 aromatic rings. The molecule has 94 valence electrons. The molecule has 0 N–H and O–H groups in total. The molecular weight excluding hydrogens is 290 g/mol. The average molecular weight is 306 g/mol. The Morgan fingerprint density at radius 2 is 2.17 bits per heavy atom. The maximum absolute atomic E-state index is 4.51. The number of aromatic nitrogens is 2. The van der Waals surface area contributed by atoms with Crippen LogP contribution in [0.2, 0.25) is 0 Å². The van der Waals surface area contributed by atoms with Crippen molar-refractivity contribution in [2.45, 2.75) is 25.8 Å². The zero-order chi connectivity index (χ0) is 12.7. The molecule has 4 heteroatoms. The van der Waals surface area contributed by atoms with Crippen LogP contribution in [-0.2, 0) is 0 Å². The molecule has 3 nitrogen and oxygen atoms in total. The first-order valence-electron chi connectivity index (χ1n) is 6.30. The standard InChI is InChI=1S/C14H16BrN3/c1-9(10-3-4-10)18(2)13-5-6-16-12-7-11(15)8-17-14(12)13/h5-10H,3-4H2,1-2H3. The maximum atomic E-state index is 4.51. The second-order valence-corrected chi connectivity index (χ2v) is 5.96. The van der Waals surface area contributed by atoms with Crippen molar-refractivity contribution in [2.75, 3.05) is 11.9 Å². The fourth-order valence-corrected chi connectivity index (χ4v) is 2.71. The molecule has 0 spiro atoms. The van der Waals surface area contributed by atoms with E-state index in [9.17, 15) is 0 Å². The summed E-state index contributed by atoms with van der Waals surface area (Å²) >= 11 is 3.44. The zero-order valence-electron chi connectivity index (χ0n) is 10.6. The number of nitrogens with zero attached hydrogens (tertiary/aromatic N) is 3. The molecular formula is C14H16BrN3. The fourth-order valence-electron chi connectivity index (χ4n) is 2.39. The van der Waals surface area contributed by atoms with Gasteiger partial charge in [-0.05, 0) is 53.7 Å². The summed E-state index contributed by atoms with van der Waals surface area (Å²) in [7, 11) is 2.15. The highest BCUT2D eigenvalue weighted by atomic mass is 79.9. The van der Waals surface area contributed by atoms with Crippen LogP contribution in [0.25, 0.3) is 11.0 Å². The molecule has 1 fully saturated rings. The van der Waals surface area contributed by atoms with Gasteiger partial charge in [0.05, 0.1) is 11.2 Å². The smallest absolute Gasteiger partial charge is 0.112 e. The molecule has 1 aliphatic carbocycles. The van der Waals surface area contributed by atoms with Crippen LogP contribution in [0.15, 0.2) is 29.0 Å². The number of hydrogen-bond acceptors (Lipinski definition) is 3. The minimum atomic E-state index is 0.570. The normalized spacial score (nSPS) is 16.8. The minimum Gasteiger partial charge on any atom is -0.370 e. The van der Waals surface area contributed by atoms with Gasteiger partial charge in [-0.2, -0.15) is 0 Å². The van der Waals surface area contributed by atoms with Crippen LogP contribution in [0.5, 0.6) is 0 Å². The highest BCUT2D eigenvalue weighted by molar-refractivity contribution is 9.10. The van der Waals surface area contributed by atoms with Gasteiger partial charge in [0.25, 0.3) is 0 Å². The minimum absolute atomic E-state index is 0.570. The third kappa shape index (κ3) is 2.09. The van der Waals surface area contributed by atoms with E-state index in [0.29, 0.717) is 6.04 Å². The van der Waals surface area contributed by atoms with E-state index in [1.165, 1.54) is 18.5 Å². The van der Waals surface area contributed by atoms with Crippen LogP contribution in [0.4, 0.5) is 5.69 Å². The van der Waals surface area contributed by atoms with Crippen molar-refractivity contribution in [3.05, 3.63) is 29.0 Å². The van der Waals surface area contributed by atoms with Crippen LogP contribution >= 0.6 is 15.9 Å². The zero-order valence-corrected chi connectivity index (χ0v) is 12.2. The van der Waals surface area contributed by atoms with Gasteiger partial charge in [0.15, 0.2) is 0 Å². The second-order valence-electron chi connectivity index (χ2n) is 5.04. The molecule has 2 heterocycles. The lowest BCUT2D eigenvalue weighted by Gasteiger charge is -2.27. The molecule has 0 saturated heterocycles. The second kappa shape index (κ2) is 4.50. The summed E-state index contributed by atoms with van der Waals surface area (Å²) in [6.45, 7) is 2.29. The molecule has 0 amide bonds. The van der Waals surface area contributed by atoms with Gasteiger partial charge in [-0.3, -0.25) is 9.97 Å². The Labute approximate surface area is 115 Å². The maximum Gasteiger partial charge on any atom is 0.112 e. The first kappa shape index (κ1) is 11.9. The van der Waals surface area contributed by atoms with E-state index in [-0.39, 0.29) is 0 Å². The van der Waals surface area contributed by atoms with E-state index in [1.807, 2.05) is 18.5 Å². The third-order valence-corrected chi connectivity index (χ3v) is 4.25. The Bertz CT molecular complexity index is 580. The summed E-state index contributed by atoms with van der Waals surface area (Å²) in [6.07, 6.45) is 6.41. The fraction of sp³-hybridized carbons (Fsp3) is 0.429. The summed E-state index contributed by atoms with van der Waals surface area (Å²) in [6, 6.07) is 4.64. The van der Waals surface area contributed by atoms with Crippen LogP contribution in [0.3, 0.4) is 0 Å². The number of rotatable bonds is 3. The van der Waals surface area contributed by atoms with Crippen molar-refractivity contribution in [1.29, 1.82) is 0 Å². The lowest BCUT2D eigenvalue weighted by Crippen LogP contribution is -2.30. The predicted molar refractivity (Wildman–Crippen MR) is 77.8 cm³/mol. The third-order valence-electron chi connectivity index (χ3n) is 3.82. The van der Waals surface area contributed by atoms with E-state index in [1.54, 1.807) is 0 Å². The lowest BCUT2D eigenvalue weighted by molar-refractivity contribution is 0.610. The van der Waals surface area contributed by atoms with Gasteiger partial charge in [-0.25, -0.2) is 0 Å². The molecule has 1 aliphatic rings. The van der Waals surface area contributed by atoms with Gasteiger partial charge in [0.1, 0.15) is 5.52 Å². The summed E-state index contributed by atoms with van der Waals surface area (Å²) < 4.78 is 0.970. The predicted octanol–water partition coefficient (Wildman–Crippen LogP) is 3.63. The van der Waals surface area contributed by atoms with Gasteiger partial charge < -0.3 is 4.90 Å². The Kier molecular flexibility index (Phi) is 2.98. The molecule has 18 heavy (non-hydrogen) atoms. The highest BCUT2D eigenvalue weighted by Crippen LogP contribution is 2.37. The van der Waals surface area contributed by atoms with Gasteiger partial charge >= 0.3 is 0 Å². The Morgan fingerprint density at radius 1 is 1.39 bits per heavy atom. The first-order chi connectivity index (χ1) is 8.66. The van der Waals surface area contributed by atoms with E-state index in [0.717, 1.165) is 21.4 Å². The topological polar surface area (TPSA) is 29.0 Å². The number of anilines is 1. The number of hydrogen-bond donors (Lipinski definition) is 0. The Morgan fingerprint density at radius 3 is 2.89 bits per heavy atom. The monoisotopic (exact) mass is 305 g/mol. The van der Waals surface area contributed by atoms with Crippen LogP contribution < -0.4 is 4.90 Å². The average Bonchev–Trinajstić information content (AvgIpc) is 3.20. The summed E-state index contributed by atoms with van der Waals surface area (Å²) in [4.78, 5) is 11.2. The van der Waals surface area contributed by atoms with Crippen LogP contribution in [0.1, 0.15) is 19.8 Å². The molecule has 0 radical (unpaired) electrons. The van der Waals surface area contributed by atoms with Crippen molar-refractivity contribution >= 4 is 32.7 Å². The van der Waals surface area contributed by atoms with Crippen molar-refractivity contribution in [2.24, 2.45) is 5.92 Å². The van der Waals surface area contributed by atoms with Gasteiger partial charge in [-0.15, -0.1) is 0 Å². The number of halogens is 1. The van der Waals surface area contributed by atoms with E-state index in [4.69, 9.17) is 0 Å². The Hall–Kier alpha value is -1.16. The molecule has 0 aliphatic heterocycles. The summed E-state index contributed by atoms with van der Waals surface area (Å²) in [5, 5.41) is 0. The molecule has 1 saturated carbocycles. The molecule has 1 atom stereocenters. The lowest BCUT2D eigenvalue weighted by atomic mass is 10.1.